The Morgan fingerprint density at radius 2 is 1.89 bits per heavy atom. The molecule has 136 valence electrons. The molecule has 1 aromatic carbocycles. The third-order valence-electron chi connectivity index (χ3n) is 4.21. The number of carbonyl (C=O) groups is 1. The summed E-state index contributed by atoms with van der Waals surface area (Å²) in [5.74, 6) is 1.44. The number of nitrogens with zero attached hydrogens (tertiary/aromatic N) is 3. The Hall–Kier alpha value is -3.61. The zero-order valence-corrected chi connectivity index (χ0v) is 14.9. The number of pyridine rings is 1. The van der Waals surface area contributed by atoms with Gasteiger partial charge >= 0.3 is 0 Å². The first-order valence-electron chi connectivity index (χ1n) is 8.31. The molecule has 0 radical (unpaired) electrons. The van der Waals surface area contributed by atoms with Crippen molar-refractivity contribution < 1.29 is 18.7 Å². The molecule has 0 unspecified atom stereocenters. The highest BCUT2D eigenvalue weighted by molar-refractivity contribution is 5.98. The number of hydrogen-bond acceptors (Lipinski definition) is 6. The van der Waals surface area contributed by atoms with Crippen molar-refractivity contribution in [3.63, 3.8) is 0 Å². The Morgan fingerprint density at radius 3 is 2.56 bits per heavy atom. The van der Waals surface area contributed by atoms with Crippen LogP contribution in [-0.2, 0) is 6.42 Å². The lowest BCUT2D eigenvalue weighted by atomic mass is 10.1. The van der Waals surface area contributed by atoms with Crippen molar-refractivity contribution in [1.29, 1.82) is 0 Å². The quantitative estimate of drug-likeness (QED) is 0.488. The SMILES string of the molecule is COc1cc(OC)cc(C(=O)Cc2nc3cccc(-c4ccoc4)n3n2)c1. The van der Waals surface area contributed by atoms with Crippen molar-refractivity contribution in [3.05, 3.63) is 66.4 Å². The molecular weight excluding hydrogens is 346 g/mol. The van der Waals surface area contributed by atoms with Gasteiger partial charge in [0, 0.05) is 17.2 Å². The highest BCUT2D eigenvalue weighted by Crippen LogP contribution is 2.24. The number of aromatic nitrogens is 3. The molecule has 4 rings (SSSR count). The van der Waals surface area contributed by atoms with Crippen molar-refractivity contribution in [2.24, 2.45) is 0 Å². The number of Topliss-reactive ketones (excluding diaryl/α,β-unsaturated/α-hetero) is 1. The summed E-state index contributed by atoms with van der Waals surface area (Å²) in [6.45, 7) is 0. The first kappa shape index (κ1) is 16.8. The van der Waals surface area contributed by atoms with Crippen LogP contribution in [0.15, 0.2) is 59.4 Å². The number of ketones is 1. The standard InChI is InChI=1S/C20H17N3O4/c1-25-15-8-14(9-16(10-15)26-2)18(24)11-19-21-20-5-3-4-17(23(20)22-19)13-6-7-27-12-13/h3-10,12H,11H2,1-2H3. The Morgan fingerprint density at radius 1 is 1.11 bits per heavy atom. The van der Waals surface area contributed by atoms with E-state index in [9.17, 15) is 4.79 Å². The van der Waals surface area contributed by atoms with Gasteiger partial charge < -0.3 is 13.9 Å². The van der Waals surface area contributed by atoms with Gasteiger partial charge in [0.1, 0.15) is 11.5 Å². The fourth-order valence-electron chi connectivity index (χ4n) is 2.87. The van der Waals surface area contributed by atoms with Crippen LogP contribution in [-0.4, -0.2) is 34.6 Å². The third-order valence-corrected chi connectivity index (χ3v) is 4.21. The number of rotatable bonds is 6. The molecule has 0 atom stereocenters. The molecule has 0 saturated heterocycles. The van der Waals surface area contributed by atoms with Crippen LogP contribution in [0.2, 0.25) is 0 Å². The Labute approximate surface area is 155 Å². The fourth-order valence-corrected chi connectivity index (χ4v) is 2.87. The van der Waals surface area contributed by atoms with E-state index in [0.29, 0.717) is 28.5 Å². The van der Waals surface area contributed by atoms with Gasteiger partial charge in [-0.25, -0.2) is 9.50 Å². The van der Waals surface area contributed by atoms with Crippen LogP contribution in [0, 0.1) is 0 Å². The van der Waals surface area contributed by atoms with Crippen LogP contribution in [0.1, 0.15) is 16.2 Å². The summed E-state index contributed by atoms with van der Waals surface area (Å²) in [6.07, 6.45) is 3.32. The van der Waals surface area contributed by atoms with Gasteiger partial charge in [0.15, 0.2) is 17.3 Å². The Kier molecular flexibility index (Phi) is 4.33. The minimum atomic E-state index is -0.118. The molecule has 0 saturated carbocycles. The Balaban J connectivity index is 1.66. The first-order chi connectivity index (χ1) is 13.2. The second-order valence-electron chi connectivity index (χ2n) is 5.92. The van der Waals surface area contributed by atoms with Gasteiger partial charge in [0.2, 0.25) is 0 Å². The van der Waals surface area contributed by atoms with E-state index in [-0.39, 0.29) is 12.2 Å². The van der Waals surface area contributed by atoms with Crippen molar-refractivity contribution in [2.45, 2.75) is 6.42 Å². The van der Waals surface area contributed by atoms with E-state index in [1.807, 2.05) is 24.3 Å². The Bertz CT molecular complexity index is 1080. The zero-order chi connectivity index (χ0) is 18.8. The van der Waals surface area contributed by atoms with E-state index in [2.05, 4.69) is 10.1 Å². The van der Waals surface area contributed by atoms with Gasteiger partial charge in [-0.2, -0.15) is 5.10 Å². The molecule has 4 aromatic rings. The van der Waals surface area contributed by atoms with Crippen LogP contribution < -0.4 is 9.47 Å². The molecule has 0 fully saturated rings. The maximum absolute atomic E-state index is 12.7. The highest BCUT2D eigenvalue weighted by Gasteiger charge is 2.15. The van der Waals surface area contributed by atoms with Crippen LogP contribution in [0.5, 0.6) is 11.5 Å². The van der Waals surface area contributed by atoms with Crippen LogP contribution >= 0.6 is 0 Å². The normalized spacial score (nSPS) is 10.9. The number of ether oxygens (including phenoxy) is 2. The number of furan rings is 1. The summed E-state index contributed by atoms with van der Waals surface area (Å²) in [4.78, 5) is 17.2. The average Bonchev–Trinajstić information content (AvgIpc) is 3.36. The van der Waals surface area contributed by atoms with Gasteiger partial charge in [-0.15, -0.1) is 0 Å². The van der Waals surface area contributed by atoms with Crippen LogP contribution in [0.3, 0.4) is 0 Å². The maximum Gasteiger partial charge on any atom is 0.170 e. The predicted molar refractivity (Wildman–Crippen MR) is 98.3 cm³/mol. The third kappa shape index (κ3) is 3.27. The smallest absolute Gasteiger partial charge is 0.170 e. The van der Waals surface area contributed by atoms with Crippen molar-refractivity contribution in [3.8, 4) is 22.8 Å². The van der Waals surface area contributed by atoms with Crippen molar-refractivity contribution in [1.82, 2.24) is 14.6 Å². The number of benzene rings is 1. The second-order valence-corrected chi connectivity index (χ2v) is 5.92. The van der Waals surface area contributed by atoms with Gasteiger partial charge in [0.25, 0.3) is 0 Å². The van der Waals surface area contributed by atoms with Gasteiger partial charge in [-0.05, 0) is 30.3 Å². The molecule has 27 heavy (non-hydrogen) atoms. The fraction of sp³-hybridized carbons (Fsp3) is 0.150. The summed E-state index contributed by atoms with van der Waals surface area (Å²) in [7, 11) is 3.09. The molecule has 7 heteroatoms. The lowest BCUT2D eigenvalue weighted by Crippen LogP contribution is -2.06. The summed E-state index contributed by atoms with van der Waals surface area (Å²) in [5.41, 5.74) is 2.89. The molecule has 0 N–H and O–H groups in total. The summed E-state index contributed by atoms with van der Waals surface area (Å²) >= 11 is 0. The molecule has 3 heterocycles. The monoisotopic (exact) mass is 363 g/mol. The summed E-state index contributed by atoms with van der Waals surface area (Å²) < 4.78 is 17.3. The predicted octanol–water partition coefficient (Wildman–Crippen LogP) is 3.43. The van der Waals surface area contributed by atoms with Crippen molar-refractivity contribution >= 4 is 11.4 Å². The number of methoxy groups -OCH3 is 2. The molecule has 0 aliphatic carbocycles. The van der Waals surface area contributed by atoms with Crippen LogP contribution in [0.4, 0.5) is 0 Å². The van der Waals surface area contributed by atoms with Crippen molar-refractivity contribution in [2.75, 3.05) is 14.2 Å². The summed E-state index contributed by atoms with van der Waals surface area (Å²) in [5, 5.41) is 4.50. The molecule has 0 amide bonds. The molecule has 0 spiro atoms. The molecular formula is C20H17N3O4. The molecule has 0 aliphatic heterocycles. The molecule has 0 bridgehead atoms. The molecule has 0 aliphatic rings. The maximum atomic E-state index is 12.7. The molecule has 7 nitrogen and oxygen atoms in total. The van der Waals surface area contributed by atoms with Gasteiger partial charge in [0.05, 0.1) is 38.9 Å². The first-order valence-corrected chi connectivity index (χ1v) is 8.31. The highest BCUT2D eigenvalue weighted by atomic mass is 16.5. The van der Waals surface area contributed by atoms with E-state index in [0.717, 1.165) is 11.3 Å². The topological polar surface area (TPSA) is 78.9 Å². The van der Waals surface area contributed by atoms with Crippen LogP contribution in [0.25, 0.3) is 16.9 Å². The van der Waals surface area contributed by atoms with E-state index >= 15 is 0 Å². The van der Waals surface area contributed by atoms with E-state index in [1.54, 1.807) is 49.5 Å². The zero-order valence-electron chi connectivity index (χ0n) is 14.9. The lowest BCUT2D eigenvalue weighted by molar-refractivity contribution is 0.0990. The van der Waals surface area contributed by atoms with Gasteiger partial charge in [-0.1, -0.05) is 6.07 Å². The van der Waals surface area contributed by atoms with Gasteiger partial charge in [-0.3, -0.25) is 4.79 Å². The number of carbonyl (C=O) groups excluding carboxylic acids is 1. The largest absolute Gasteiger partial charge is 0.497 e. The lowest BCUT2D eigenvalue weighted by Gasteiger charge is -2.07. The minimum Gasteiger partial charge on any atom is -0.497 e. The molecule has 3 aromatic heterocycles. The summed E-state index contributed by atoms with van der Waals surface area (Å²) in [6, 6.07) is 12.6. The number of hydrogen-bond donors (Lipinski definition) is 0. The van der Waals surface area contributed by atoms with E-state index < -0.39 is 0 Å². The average molecular weight is 363 g/mol. The number of fused-ring (bicyclic) bond motifs is 1. The van der Waals surface area contributed by atoms with E-state index in [1.165, 1.54) is 0 Å². The second kappa shape index (κ2) is 6.95. The van der Waals surface area contributed by atoms with E-state index in [4.69, 9.17) is 13.9 Å². The minimum absolute atomic E-state index is 0.0723.